The number of esters is 2. The van der Waals surface area contributed by atoms with Gasteiger partial charge in [-0.15, -0.1) is 0 Å². The SMILES string of the molecule is CCCCOC(=O)[C@@H]1C[C@@H](Oc2cc(OC)cc3nc(C(=O)OC)ccc23)CN1C(=O)OC(C)(C)C. The molecule has 1 saturated heterocycles. The van der Waals surface area contributed by atoms with Crippen LogP contribution in [0.15, 0.2) is 24.3 Å². The first-order chi connectivity index (χ1) is 17.1. The van der Waals surface area contributed by atoms with Gasteiger partial charge in [0.2, 0.25) is 0 Å². The van der Waals surface area contributed by atoms with E-state index in [-0.39, 0.29) is 25.3 Å². The minimum Gasteiger partial charge on any atom is -0.497 e. The van der Waals surface area contributed by atoms with Crippen molar-refractivity contribution < 1.29 is 38.1 Å². The number of pyridine rings is 1. The highest BCUT2D eigenvalue weighted by atomic mass is 16.6. The van der Waals surface area contributed by atoms with Crippen LogP contribution in [0.1, 0.15) is 57.4 Å². The average Bonchev–Trinajstić information content (AvgIpc) is 3.26. The second kappa shape index (κ2) is 11.5. The van der Waals surface area contributed by atoms with E-state index in [0.29, 0.717) is 22.4 Å². The molecule has 0 radical (unpaired) electrons. The molecule has 0 unspecified atom stereocenters. The summed E-state index contributed by atoms with van der Waals surface area (Å²) in [6.45, 7) is 7.72. The first kappa shape index (κ1) is 27.0. The highest BCUT2D eigenvalue weighted by Gasteiger charge is 2.43. The Morgan fingerprint density at radius 2 is 1.89 bits per heavy atom. The number of hydrogen-bond acceptors (Lipinski definition) is 9. The Morgan fingerprint density at radius 1 is 1.14 bits per heavy atom. The van der Waals surface area contributed by atoms with Gasteiger partial charge < -0.3 is 23.7 Å². The van der Waals surface area contributed by atoms with Crippen molar-refractivity contribution >= 4 is 28.9 Å². The molecule has 1 aromatic heterocycles. The molecule has 1 fully saturated rings. The van der Waals surface area contributed by atoms with E-state index in [1.165, 1.54) is 19.1 Å². The van der Waals surface area contributed by atoms with E-state index in [4.69, 9.17) is 23.7 Å². The number of ether oxygens (including phenoxy) is 5. The summed E-state index contributed by atoms with van der Waals surface area (Å²) in [6, 6.07) is 5.81. The van der Waals surface area contributed by atoms with Crippen molar-refractivity contribution in [2.75, 3.05) is 27.4 Å². The number of methoxy groups -OCH3 is 2. The lowest BCUT2D eigenvalue weighted by Gasteiger charge is -2.27. The van der Waals surface area contributed by atoms with Gasteiger partial charge in [0.25, 0.3) is 0 Å². The minimum absolute atomic E-state index is 0.134. The first-order valence-corrected chi connectivity index (χ1v) is 12.0. The number of benzene rings is 1. The van der Waals surface area contributed by atoms with E-state index in [1.807, 2.05) is 6.92 Å². The third-order valence-corrected chi connectivity index (χ3v) is 5.57. The van der Waals surface area contributed by atoms with E-state index < -0.39 is 35.8 Å². The fourth-order valence-corrected chi connectivity index (χ4v) is 3.83. The topological polar surface area (TPSA) is 113 Å². The summed E-state index contributed by atoms with van der Waals surface area (Å²) in [4.78, 5) is 43.4. The highest BCUT2D eigenvalue weighted by molar-refractivity contribution is 5.93. The van der Waals surface area contributed by atoms with E-state index in [2.05, 4.69) is 4.98 Å². The van der Waals surface area contributed by atoms with Gasteiger partial charge in [-0.1, -0.05) is 13.3 Å². The van der Waals surface area contributed by atoms with Crippen molar-refractivity contribution in [3.05, 3.63) is 30.0 Å². The lowest BCUT2D eigenvalue weighted by Crippen LogP contribution is -2.44. The van der Waals surface area contributed by atoms with Crippen LogP contribution in [0.5, 0.6) is 11.5 Å². The summed E-state index contributed by atoms with van der Waals surface area (Å²) >= 11 is 0. The van der Waals surface area contributed by atoms with E-state index in [9.17, 15) is 14.4 Å². The highest BCUT2D eigenvalue weighted by Crippen LogP contribution is 2.34. The molecular formula is C26H34N2O8. The van der Waals surface area contributed by atoms with Crippen molar-refractivity contribution in [1.29, 1.82) is 0 Å². The summed E-state index contributed by atoms with van der Waals surface area (Å²) in [5.74, 6) is -0.123. The number of hydrogen-bond donors (Lipinski definition) is 0. The number of fused-ring (bicyclic) bond motifs is 1. The number of carbonyl (C=O) groups is 3. The summed E-state index contributed by atoms with van der Waals surface area (Å²) in [6.07, 6.45) is 0.731. The van der Waals surface area contributed by atoms with Crippen LogP contribution in [0.4, 0.5) is 4.79 Å². The van der Waals surface area contributed by atoms with E-state index in [0.717, 1.165) is 12.8 Å². The first-order valence-electron chi connectivity index (χ1n) is 12.0. The van der Waals surface area contributed by atoms with Crippen molar-refractivity contribution in [2.45, 2.75) is 64.7 Å². The number of aromatic nitrogens is 1. The van der Waals surface area contributed by atoms with Crippen LogP contribution in [0.25, 0.3) is 10.9 Å². The predicted octanol–water partition coefficient (Wildman–Crippen LogP) is 4.13. The van der Waals surface area contributed by atoms with Crippen LogP contribution in [0.3, 0.4) is 0 Å². The van der Waals surface area contributed by atoms with Crippen molar-refractivity contribution in [3.63, 3.8) is 0 Å². The number of nitrogens with zero attached hydrogens (tertiary/aromatic N) is 2. The Labute approximate surface area is 210 Å². The molecule has 0 aliphatic carbocycles. The van der Waals surface area contributed by atoms with Gasteiger partial charge in [-0.05, 0) is 39.3 Å². The molecule has 0 N–H and O–H groups in total. The zero-order valence-corrected chi connectivity index (χ0v) is 21.7. The number of amides is 1. The third-order valence-electron chi connectivity index (χ3n) is 5.57. The molecule has 2 atom stereocenters. The van der Waals surface area contributed by atoms with Crippen LogP contribution in [-0.2, 0) is 19.0 Å². The molecule has 0 bridgehead atoms. The van der Waals surface area contributed by atoms with Crippen LogP contribution in [0, 0.1) is 0 Å². The van der Waals surface area contributed by atoms with Crippen LogP contribution in [0.2, 0.25) is 0 Å². The lowest BCUT2D eigenvalue weighted by atomic mass is 10.1. The van der Waals surface area contributed by atoms with Crippen LogP contribution >= 0.6 is 0 Å². The Hall–Kier alpha value is -3.56. The standard InChI is InChI=1S/C26H34N2O8/c1-7-8-11-34-24(30)21-13-17(15-28(21)25(31)36-26(2,3)4)35-22-14-16(32-5)12-20-18(22)9-10-19(27-20)23(29)33-6/h9-10,12,14,17,21H,7-8,11,13,15H2,1-6H3/t17-,21+/m1/s1. The van der Waals surface area contributed by atoms with Crippen molar-refractivity contribution in [2.24, 2.45) is 0 Å². The van der Waals surface area contributed by atoms with Gasteiger partial charge in [-0.2, -0.15) is 0 Å². The van der Waals surface area contributed by atoms with E-state index >= 15 is 0 Å². The number of carbonyl (C=O) groups excluding carboxylic acids is 3. The maximum absolute atomic E-state index is 12.9. The Bertz CT molecular complexity index is 1110. The molecule has 1 aliphatic rings. The summed E-state index contributed by atoms with van der Waals surface area (Å²) in [5.41, 5.74) is -0.0977. The minimum atomic E-state index is -0.831. The van der Waals surface area contributed by atoms with Crippen LogP contribution in [-0.4, -0.2) is 73.0 Å². The summed E-state index contributed by atoms with van der Waals surface area (Å²) in [7, 11) is 2.80. The van der Waals surface area contributed by atoms with Gasteiger partial charge in [-0.25, -0.2) is 19.4 Å². The van der Waals surface area contributed by atoms with Crippen LogP contribution < -0.4 is 9.47 Å². The molecular weight excluding hydrogens is 468 g/mol. The Kier molecular flexibility index (Phi) is 8.60. The second-order valence-corrected chi connectivity index (χ2v) is 9.53. The van der Waals surface area contributed by atoms with Gasteiger partial charge in [0.1, 0.15) is 34.9 Å². The molecule has 0 spiro atoms. The van der Waals surface area contributed by atoms with E-state index in [1.54, 1.807) is 45.0 Å². The van der Waals surface area contributed by atoms with Gasteiger partial charge in [-0.3, -0.25) is 4.90 Å². The van der Waals surface area contributed by atoms with Gasteiger partial charge in [0, 0.05) is 23.9 Å². The van der Waals surface area contributed by atoms with Gasteiger partial charge in [0.15, 0.2) is 0 Å². The molecule has 1 aliphatic heterocycles. The third kappa shape index (κ3) is 6.56. The number of likely N-dealkylation sites (tertiary alicyclic amines) is 1. The summed E-state index contributed by atoms with van der Waals surface area (Å²) in [5, 5.41) is 0.640. The Morgan fingerprint density at radius 3 is 2.53 bits per heavy atom. The smallest absolute Gasteiger partial charge is 0.411 e. The zero-order valence-electron chi connectivity index (χ0n) is 21.7. The fourth-order valence-electron chi connectivity index (χ4n) is 3.83. The number of unbranched alkanes of at least 4 members (excludes halogenated alkanes) is 1. The quantitative estimate of drug-likeness (QED) is 0.299. The molecule has 10 nitrogen and oxygen atoms in total. The molecule has 1 amide bonds. The lowest BCUT2D eigenvalue weighted by molar-refractivity contribution is -0.149. The summed E-state index contributed by atoms with van der Waals surface area (Å²) < 4.78 is 27.4. The van der Waals surface area contributed by atoms with Crippen molar-refractivity contribution in [3.8, 4) is 11.5 Å². The fraction of sp³-hybridized carbons (Fsp3) is 0.538. The molecule has 10 heteroatoms. The maximum atomic E-state index is 12.9. The monoisotopic (exact) mass is 502 g/mol. The van der Waals surface area contributed by atoms with Crippen molar-refractivity contribution in [1.82, 2.24) is 9.88 Å². The molecule has 0 saturated carbocycles. The molecule has 2 heterocycles. The zero-order chi connectivity index (χ0) is 26.5. The molecule has 36 heavy (non-hydrogen) atoms. The maximum Gasteiger partial charge on any atom is 0.411 e. The molecule has 1 aromatic carbocycles. The average molecular weight is 503 g/mol. The van der Waals surface area contributed by atoms with Gasteiger partial charge >= 0.3 is 18.0 Å². The van der Waals surface area contributed by atoms with Gasteiger partial charge in [0.05, 0.1) is 32.9 Å². The Balaban J connectivity index is 1.88. The normalized spacial score (nSPS) is 17.6. The molecule has 3 rings (SSSR count). The molecule has 196 valence electrons. The largest absolute Gasteiger partial charge is 0.497 e. The molecule has 2 aromatic rings. The predicted molar refractivity (Wildman–Crippen MR) is 131 cm³/mol. The second-order valence-electron chi connectivity index (χ2n) is 9.53. The number of rotatable bonds is 8.